The largest absolute Gasteiger partial charge is 0.373 e. The second kappa shape index (κ2) is 8.17. The van der Waals surface area contributed by atoms with E-state index in [1.165, 1.54) is 0 Å². The Balaban J connectivity index is 1.90. The molecule has 19 heavy (non-hydrogen) atoms. The molecule has 0 radical (unpaired) electrons. The SMILES string of the molecule is CCOC(OC(OCC)C1CCCO1)C1CCCO1. The lowest BCUT2D eigenvalue weighted by Crippen LogP contribution is -2.41. The summed E-state index contributed by atoms with van der Waals surface area (Å²) in [6.07, 6.45) is 3.42. The van der Waals surface area contributed by atoms with Crippen molar-refractivity contribution in [3.05, 3.63) is 0 Å². The van der Waals surface area contributed by atoms with Crippen molar-refractivity contribution in [2.75, 3.05) is 26.4 Å². The van der Waals surface area contributed by atoms with Crippen molar-refractivity contribution in [1.29, 1.82) is 0 Å². The molecule has 2 heterocycles. The average Bonchev–Trinajstić information content (AvgIpc) is 3.10. The lowest BCUT2D eigenvalue weighted by molar-refractivity contribution is -0.293. The molecule has 0 N–H and O–H groups in total. The molecule has 4 unspecified atom stereocenters. The van der Waals surface area contributed by atoms with E-state index in [1.807, 2.05) is 13.8 Å². The van der Waals surface area contributed by atoms with Crippen LogP contribution in [0.2, 0.25) is 0 Å². The molecule has 0 aromatic heterocycles. The van der Waals surface area contributed by atoms with Crippen LogP contribution in [0.25, 0.3) is 0 Å². The van der Waals surface area contributed by atoms with E-state index in [4.69, 9.17) is 23.7 Å². The van der Waals surface area contributed by atoms with Crippen LogP contribution in [0.5, 0.6) is 0 Å². The summed E-state index contributed by atoms with van der Waals surface area (Å²) >= 11 is 0. The monoisotopic (exact) mass is 274 g/mol. The first-order chi connectivity index (χ1) is 9.35. The Morgan fingerprint density at radius 1 is 0.895 bits per heavy atom. The van der Waals surface area contributed by atoms with Crippen molar-refractivity contribution in [3.8, 4) is 0 Å². The summed E-state index contributed by atoms with van der Waals surface area (Å²) in [5.74, 6) is 0. The van der Waals surface area contributed by atoms with Gasteiger partial charge in [0.2, 0.25) is 0 Å². The Hall–Kier alpha value is -0.200. The van der Waals surface area contributed by atoms with Crippen LogP contribution in [0.4, 0.5) is 0 Å². The number of rotatable bonds is 8. The van der Waals surface area contributed by atoms with Crippen LogP contribution in [0.3, 0.4) is 0 Å². The maximum atomic E-state index is 6.00. The highest BCUT2D eigenvalue weighted by Crippen LogP contribution is 2.24. The highest BCUT2D eigenvalue weighted by Gasteiger charge is 2.34. The fourth-order valence-electron chi connectivity index (χ4n) is 2.56. The lowest BCUT2D eigenvalue weighted by atomic mass is 10.2. The van der Waals surface area contributed by atoms with Crippen molar-refractivity contribution < 1.29 is 23.7 Å². The average molecular weight is 274 g/mol. The smallest absolute Gasteiger partial charge is 0.186 e. The van der Waals surface area contributed by atoms with Crippen molar-refractivity contribution >= 4 is 0 Å². The molecule has 0 aliphatic carbocycles. The highest BCUT2D eigenvalue weighted by atomic mass is 16.8. The van der Waals surface area contributed by atoms with Gasteiger partial charge in [-0.25, -0.2) is 0 Å². The predicted molar refractivity (Wildman–Crippen MR) is 69.9 cm³/mol. The molecule has 2 aliphatic rings. The molecule has 0 aromatic rings. The number of hydrogen-bond donors (Lipinski definition) is 0. The van der Waals surface area contributed by atoms with Gasteiger partial charge in [-0.15, -0.1) is 0 Å². The molecule has 0 spiro atoms. The summed E-state index contributed by atoms with van der Waals surface area (Å²) in [6, 6.07) is 0. The molecule has 4 atom stereocenters. The molecule has 0 bridgehead atoms. The topological polar surface area (TPSA) is 46.2 Å². The highest BCUT2D eigenvalue weighted by molar-refractivity contribution is 4.73. The molecule has 0 aromatic carbocycles. The second-order valence-corrected chi connectivity index (χ2v) is 4.89. The molecule has 0 amide bonds. The summed E-state index contributed by atoms with van der Waals surface area (Å²) in [5, 5.41) is 0. The first kappa shape index (κ1) is 15.2. The van der Waals surface area contributed by atoms with Gasteiger partial charge in [-0.1, -0.05) is 0 Å². The summed E-state index contributed by atoms with van der Waals surface area (Å²) < 4.78 is 28.7. The third kappa shape index (κ3) is 4.39. The molecule has 2 rings (SSSR count). The van der Waals surface area contributed by atoms with E-state index < -0.39 is 0 Å². The van der Waals surface area contributed by atoms with E-state index in [2.05, 4.69) is 0 Å². The van der Waals surface area contributed by atoms with Crippen molar-refractivity contribution in [2.45, 2.75) is 64.3 Å². The van der Waals surface area contributed by atoms with E-state index >= 15 is 0 Å². The lowest BCUT2D eigenvalue weighted by Gasteiger charge is -2.30. The van der Waals surface area contributed by atoms with E-state index in [1.54, 1.807) is 0 Å². The zero-order valence-corrected chi connectivity index (χ0v) is 12.0. The van der Waals surface area contributed by atoms with Crippen LogP contribution in [0, 0.1) is 0 Å². The van der Waals surface area contributed by atoms with Crippen LogP contribution in [0.15, 0.2) is 0 Å². The first-order valence-electron chi connectivity index (χ1n) is 7.47. The van der Waals surface area contributed by atoms with E-state index in [-0.39, 0.29) is 24.8 Å². The Kier molecular flexibility index (Phi) is 6.53. The molecule has 2 fully saturated rings. The maximum absolute atomic E-state index is 6.00. The minimum Gasteiger partial charge on any atom is -0.373 e. The van der Waals surface area contributed by atoms with Crippen molar-refractivity contribution in [1.82, 2.24) is 0 Å². The molecule has 2 aliphatic heterocycles. The standard InChI is InChI=1S/C14H26O5/c1-3-15-13(11-7-5-9-17-11)19-14(16-4-2)12-8-6-10-18-12/h11-14H,3-10H2,1-2H3. The molecule has 2 saturated heterocycles. The Bertz CT molecular complexity index is 212. The van der Waals surface area contributed by atoms with Crippen molar-refractivity contribution in [2.24, 2.45) is 0 Å². The van der Waals surface area contributed by atoms with E-state index in [9.17, 15) is 0 Å². The van der Waals surface area contributed by atoms with Crippen molar-refractivity contribution in [3.63, 3.8) is 0 Å². The zero-order valence-electron chi connectivity index (χ0n) is 12.0. The molecule has 0 saturated carbocycles. The molecule has 112 valence electrons. The third-order valence-corrected chi connectivity index (χ3v) is 3.47. The van der Waals surface area contributed by atoms with Crippen LogP contribution in [-0.4, -0.2) is 51.2 Å². The quantitative estimate of drug-likeness (QED) is 0.634. The number of hydrogen-bond acceptors (Lipinski definition) is 5. The molecule has 5 nitrogen and oxygen atoms in total. The van der Waals surface area contributed by atoms with Crippen LogP contribution >= 0.6 is 0 Å². The van der Waals surface area contributed by atoms with Gasteiger partial charge >= 0.3 is 0 Å². The van der Waals surface area contributed by atoms with Gasteiger partial charge in [0.15, 0.2) is 12.6 Å². The summed E-state index contributed by atoms with van der Waals surface area (Å²) in [6.45, 7) is 6.72. The van der Waals surface area contributed by atoms with Crippen LogP contribution in [-0.2, 0) is 23.7 Å². The second-order valence-electron chi connectivity index (χ2n) is 4.89. The van der Waals surface area contributed by atoms with Gasteiger partial charge in [-0.05, 0) is 39.5 Å². The molecular formula is C14H26O5. The first-order valence-corrected chi connectivity index (χ1v) is 7.47. The van der Waals surface area contributed by atoms with Gasteiger partial charge in [-0.2, -0.15) is 0 Å². The van der Waals surface area contributed by atoms with Gasteiger partial charge in [0.25, 0.3) is 0 Å². The van der Waals surface area contributed by atoms with Gasteiger partial charge < -0.3 is 23.7 Å². The van der Waals surface area contributed by atoms with Gasteiger partial charge in [0.05, 0.1) is 0 Å². The Labute approximate surface area is 115 Å². The van der Waals surface area contributed by atoms with Crippen LogP contribution < -0.4 is 0 Å². The normalized spacial score (nSPS) is 30.6. The molecular weight excluding hydrogens is 248 g/mol. The molecule has 5 heteroatoms. The van der Waals surface area contributed by atoms with Gasteiger partial charge in [-0.3, -0.25) is 0 Å². The Morgan fingerprint density at radius 2 is 1.37 bits per heavy atom. The fourth-order valence-corrected chi connectivity index (χ4v) is 2.56. The fraction of sp³-hybridized carbons (Fsp3) is 1.00. The van der Waals surface area contributed by atoms with Gasteiger partial charge in [0, 0.05) is 26.4 Å². The van der Waals surface area contributed by atoms with E-state index in [0.29, 0.717) is 13.2 Å². The number of ether oxygens (including phenoxy) is 5. The predicted octanol–water partition coefficient (Wildman–Crippen LogP) is 2.09. The van der Waals surface area contributed by atoms with E-state index in [0.717, 1.165) is 38.9 Å². The summed E-state index contributed by atoms with van der Waals surface area (Å²) in [5.41, 5.74) is 0. The Morgan fingerprint density at radius 3 is 1.68 bits per heavy atom. The van der Waals surface area contributed by atoms with Gasteiger partial charge in [0.1, 0.15) is 12.2 Å². The summed E-state index contributed by atoms with van der Waals surface area (Å²) in [4.78, 5) is 0. The maximum Gasteiger partial charge on any atom is 0.186 e. The van der Waals surface area contributed by atoms with Crippen LogP contribution in [0.1, 0.15) is 39.5 Å². The zero-order chi connectivity index (χ0) is 13.5. The summed E-state index contributed by atoms with van der Waals surface area (Å²) in [7, 11) is 0. The minimum atomic E-state index is -0.353. The third-order valence-electron chi connectivity index (χ3n) is 3.47. The minimum absolute atomic E-state index is 0.0179.